The van der Waals surface area contributed by atoms with Crippen LogP contribution >= 0.6 is 0 Å². The number of aliphatic carboxylic acids is 1. The van der Waals surface area contributed by atoms with Crippen molar-refractivity contribution in [1.29, 1.82) is 0 Å². The van der Waals surface area contributed by atoms with Gasteiger partial charge < -0.3 is 5.11 Å². The lowest BCUT2D eigenvalue weighted by molar-refractivity contribution is -0.143. The maximum Gasteiger partial charge on any atom is 0.314 e. The van der Waals surface area contributed by atoms with E-state index in [9.17, 15) is 4.79 Å². The van der Waals surface area contributed by atoms with Crippen LogP contribution in [0.15, 0.2) is 11.1 Å². The molecule has 2 aliphatic carbocycles. The lowest BCUT2D eigenvalue weighted by atomic mass is 9.89. The van der Waals surface area contributed by atoms with Crippen molar-refractivity contribution in [1.82, 2.24) is 0 Å². The van der Waals surface area contributed by atoms with Gasteiger partial charge in [0.25, 0.3) is 0 Å². The zero-order chi connectivity index (χ0) is 9.85. The van der Waals surface area contributed by atoms with E-state index in [0.717, 1.165) is 12.8 Å². The minimum absolute atomic E-state index is 0.103. The van der Waals surface area contributed by atoms with Crippen LogP contribution in [0.2, 0.25) is 0 Å². The highest BCUT2D eigenvalue weighted by Crippen LogP contribution is 2.71. The molecule has 0 aromatic rings. The summed E-state index contributed by atoms with van der Waals surface area (Å²) in [6.07, 6.45) is 3.49. The predicted octanol–water partition coefficient (Wildman–Crippen LogP) is 2.60. The van der Waals surface area contributed by atoms with Crippen molar-refractivity contribution in [3.8, 4) is 0 Å². The fourth-order valence-corrected chi connectivity index (χ4v) is 2.62. The summed E-state index contributed by atoms with van der Waals surface area (Å²) >= 11 is 0. The normalized spacial score (nSPS) is 35.6. The van der Waals surface area contributed by atoms with Crippen molar-refractivity contribution < 1.29 is 9.90 Å². The average Bonchev–Trinajstić information content (AvgIpc) is 2.32. The largest absolute Gasteiger partial charge is 0.481 e. The average molecular weight is 180 g/mol. The van der Waals surface area contributed by atoms with Gasteiger partial charge >= 0.3 is 5.97 Å². The first kappa shape index (κ1) is 8.79. The monoisotopic (exact) mass is 180 g/mol. The predicted molar refractivity (Wildman–Crippen MR) is 50.4 cm³/mol. The van der Waals surface area contributed by atoms with Crippen LogP contribution < -0.4 is 0 Å². The number of carboxylic acid groups (broad SMARTS) is 1. The SMILES string of the molecule is CC1(C)C(=C2CCC2)C1(C)C(=O)O. The molecule has 2 saturated carbocycles. The van der Waals surface area contributed by atoms with Crippen molar-refractivity contribution in [3.63, 3.8) is 0 Å². The van der Waals surface area contributed by atoms with E-state index in [2.05, 4.69) is 0 Å². The molecular weight excluding hydrogens is 164 g/mol. The van der Waals surface area contributed by atoms with Crippen LogP contribution in [0.5, 0.6) is 0 Å². The van der Waals surface area contributed by atoms with Crippen LogP contribution in [0.3, 0.4) is 0 Å². The highest BCUT2D eigenvalue weighted by atomic mass is 16.4. The third-order valence-electron chi connectivity index (χ3n) is 4.05. The Morgan fingerprint density at radius 1 is 1.31 bits per heavy atom. The van der Waals surface area contributed by atoms with Gasteiger partial charge in [-0.05, 0) is 31.8 Å². The Morgan fingerprint density at radius 3 is 2.08 bits per heavy atom. The number of allylic oxidation sites excluding steroid dienone is 1. The van der Waals surface area contributed by atoms with E-state index >= 15 is 0 Å². The molecular formula is C11H16O2. The Hall–Kier alpha value is -0.790. The third-order valence-corrected chi connectivity index (χ3v) is 4.05. The van der Waals surface area contributed by atoms with Gasteiger partial charge in [0, 0.05) is 5.41 Å². The molecule has 0 spiro atoms. The first-order valence-electron chi connectivity index (χ1n) is 4.88. The molecule has 13 heavy (non-hydrogen) atoms. The summed E-state index contributed by atoms with van der Waals surface area (Å²) in [5.74, 6) is -0.660. The van der Waals surface area contributed by atoms with Crippen LogP contribution in [0, 0.1) is 10.8 Å². The summed E-state index contributed by atoms with van der Waals surface area (Å²) in [5.41, 5.74) is 1.95. The van der Waals surface area contributed by atoms with E-state index in [1.54, 1.807) is 0 Å². The second-order valence-electron chi connectivity index (χ2n) is 4.89. The lowest BCUT2D eigenvalue weighted by Crippen LogP contribution is -2.16. The van der Waals surface area contributed by atoms with E-state index in [-0.39, 0.29) is 5.41 Å². The molecule has 2 heteroatoms. The van der Waals surface area contributed by atoms with Crippen molar-refractivity contribution >= 4 is 5.97 Å². The Bertz CT molecular complexity index is 306. The van der Waals surface area contributed by atoms with E-state index in [4.69, 9.17) is 5.11 Å². The maximum absolute atomic E-state index is 11.1. The highest BCUT2D eigenvalue weighted by molar-refractivity contribution is 5.88. The molecule has 0 bridgehead atoms. The molecule has 0 aromatic heterocycles. The fraction of sp³-hybridized carbons (Fsp3) is 0.727. The standard InChI is InChI=1S/C11H16O2/c1-10(2)8(7-5-4-6-7)11(10,3)9(12)13/h4-6H2,1-3H3,(H,12,13). The van der Waals surface area contributed by atoms with E-state index < -0.39 is 11.4 Å². The summed E-state index contributed by atoms with van der Waals surface area (Å²) in [4.78, 5) is 11.1. The molecule has 1 N–H and O–H groups in total. The van der Waals surface area contributed by atoms with Crippen molar-refractivity contribution in [3.05, 3.63) is 11.1 Å². The molecule has 0 saturated heterocycles. The minimum Gasteiger partial charge on any atom is -0.481 e. The van der Waals surface area contributed by atoms with E-state index in [1.807, 2.05) is 20.8 Å². The third kappa shape index (κ3) is 0.812. The minimum atomic E-state index is -0.660. The van der Waals surface area contributed by atoms with Crippen LogP contribution in [0.1, 0.15) is 40.0 Å². The molecule has 2 aliphatic rings. The van der Waals surface area contributed by atoms with Gasteiger partial charge in [0.1, 0.15) is 0 Å². The van der Waals surface area contributed by atoms with Gasteiger partial charge in [0.05, 0.1) is 5.41 Å². The molecule has 0 aliphatic heterocycles. The summed E-state index contributed by atoms with van der Waals surface area (Å²) in [7, 11) is 0. The molecule has 0 amide bonds. The number of hydrogen-bond acceptors (Lipinski definition) is 1. The fourth-order valence-electron chi connectivity index (χ4n) is 2.62. The van der Waals surface area contributed by atoms with Crippen LogP contribution in [-0.4, -0.2) is 11.1 Å². The van der Waals surface area contributed by atoms with Gasteiger partial charge in [-0.25, -0.2) is 0 Å². The zero-order valence-corrected chi connectivity index (χ0v) is 8.48. The second kappa shape index (κ2) is 2.17. The van der Waals surface area contributed by atoms with Crippen LogP contribution in [0.25, 0.3) is 0 Å². The second-order valence-corrected chi connectivity index (χ2v) is 4.89. The number of rotatable bonds is 1. The Kier molecular flexibility index (Phi) is 1.47. The molecule has 2 rings (SSSR count). The first-order chi connectivity index (χ1) is 5.92. The quantitative estimate of drug-likeness (QED) is 0.630. The van der Waals surface area contributed by atoms with E-state index in [0.29, 0.717) is 0 Å². The number of carboxylic acids is 1. The molecule has 72 valence electrons. The molecule has 1 atom stereocenters. The highest BCUT2D eigenvalue weighted by Gasteiger charge is 2.69. The maximum atomic E-state index is 11.1. The number of hydrogen-bond donors (Lipinski definition) is 1. The molecule has 2 nitrogen and oxygen atoms in total. The van der Waals surface area contributed by atoms with Crippen molar-refractivity contribution in [2.75, 3.05) is 0 Å². The summed E-state index contributed by atoms with van der Waals surface area (Å²) < 4.78 is 0. The topological polar surface area (TPSA) is 37.3 Å². The van der Waals surface area contributed by atoms with Gasteiger partial charge in [0.2, 0.25) is 0 Å². The Balaban J connectivity index is 2.40. The Morgan fingerprint density at radius 2 is 1.85 bits per heavy atom. The molecule has 0 aromatic carbocycles. The van der Waals surface area contributed by atoms with Gasteiger partial charge in [-0.1, -0.05) is 19.4 Å². The van der Waals surface area contributed by atoms with Crippen molar-refractivity contribution in [2.45, 2.75) is 40.0 Å². The smallest absolute Gasteiger partial charge is 0.314 e. The summed E-state index contributed by atoms with van der Waals surface area (Å²) in [6.45, 7) is 5.94. The van der Waals surface area contributed by atoms with Gasteiger partial charge in [-0.3, -0.25) is 4.79 Å². The number of carbonyl (C=O) groups is 1. The van der Waals surface area contributed by atoms with Crippen molar-refractivity contribution in [2.24, 2.45) is 10.8 Å². The molecule has 0 heterocycles. The Labute approximate surface area is 78.6 Å². The van der Waals surface area contributed by atoms with Gasteiger partial charge in [-0.15, -0.1) is 0 Å². The summed E-state index contributed by atoms with van der Waals surface area (Å²) in [5, 5.41) is 9.15. The summed E-state index contributed by atoms with van der Waals surface area (Å²) in [6, 6.07) is 0. The first-order valence-corrected chi connectivity index (χ1v) is 4.88. The van der Waals surface area contributed by atoms with Crippen LogP contribution in [0.4, 0.5) is 0 Å². The van der Waals surface area contributed by atoms with Gasteiger partial charge in [0.15, 0.2) is 0 Å². The van der Waals surface area contributed by atoms with Crippen LogP contribution in [-0.2, 0) is 4.79 Å². The molecule has 2 fully saturated rings. The lowest BCUT2D eigenvalue weighted by Gasteiger charge is -2.16. The molecule has 0 radical (unpaired) electrons. The zero-order valence-electron chi connectivity index (χ0n) is 8.48. The van der Waals surface area contributed by atoms with Gasteiger partial charge in [-0.2, -0.15) is 0 Å². The molecule has 1 unspecified atom stereocenters. The van der Waals surface area contributed by atoms with E-state index in [1.165, 1.54) is 17.6 Å².